The lowest BCUT2D eigenvalue weighted by Gasteiger charge is -2.13. The summed E-state index contributed by atoms with van der Waals surface area (Å²) in [5, 5.41) is 8.97. The second-order valence-electron chi connectivity index (χ2n) is 4.35. The Hall–Kier alpha value is -1.45. The standard InChI is InChI=1S/C11H15FN4O3S/c1-15(2)6-13-10-7(12)3-16(11(18)14-10)8-5-20-9(4-17)19-8/h3,6,8-9,17H,4-5H2,1-2H3/b13-6-/t8-,9+/m0/s1. The number of thioether (sulfide) groups is 1. The van der Waals surface area contributed by atoms with Crippen molar-refractivity contribution in [2.45, 2.75) is 11.7 Å². The molecule has 1 aliphatic rings. The van der Waals surface area contributed by atoms with Gasteiger partial charge in [0.2, 0.25) is 0 Å². The SMILES string of the molecule is CN(C)/C=N\c1nc(=O)n([C@@H]2CS[C@H](CO)O2)cc1F. The first-order valence-corrected chi connectivity index (χ1v) is 6.93. The summed E-state index contributed by atoms with van der Waals surface area (Å²) in [6, 6.07) is 0. The molecule has 7 nitrogen and oxygen atoms in total. The van der Waals surface area contributed by atoms with E-state index < -0.39 is 23.2 Å². The van der Waals surface area contributed by atoms with Gasteiger partial charge in [-0.15, -0.1) is 11.8 Å². The molecule has 0 amide bonds. The fraction of sp³-hybridized carbons (Fsp3) is 0.545. The zero-order valence-corrected chi connectivity index (χ0v) is 11.9. The van der Waals surface area contributed by atoms with Gasteiger partial charge in [-0.3, -0.25) is 4.57 Å². The number of aliphatic hydroxyl groups is 1. The van der Waals surface area contributed by atoms with Crippen LogP contribution in [0.5, 0.6) is 0 Å². The van der Waals surface area contributed by atoms with Crippen molar-refractivity contribution in [2.24, 2.45) is 4.99 Å². The Bertz CT molecular complexity index is 563. The van der Waals surface area contributed by atoms with Crippen LogP contribution < -0.4 is 5.69 Å². The largest absolute Gasteiger partial charge is 0.393 e. The summed E-state index contributed by atoms with van der Waals surface area (Å²) in [4.78, 5) is 20.8. The molecule has 9 heteroatoms. The van der Waals surface area contributed by atoms with Gasteiger partial charge in [0.15, 0.2) is 11.6 Å². The third kappa shape index (κ3) is 3.35. The highest BCUT2D eigenvalue weighted by molar-refractivity contribution is 8.00. The van der Waals surface area contributed by atoms with E-state index >= 15 is 0 Å². The summed E-state index contributed by atoms with van der Waals surface area (Å²) in [5.74, 6) is -0.514. The van der Waals surface area contributed by atoms with Crippen molar-refractivity contribution in [3.05, 3.63) is 22.5 Å². The Kier molecular flexibility index (Phi) is 4.73. The van der Waals surface area contributed by atoms with Crippen LogP contribution in [0.4, 0.5) is 10.2 Å². The van der Waals surface area contributed by atoms with Crippen molar-refractivity contribution in [3.8, 4) is 0 Å². The summed E-state index contributed by atoms with van der Waals surface area (Å²) in [6.45, 7) is -0.156. The topological polar surface area (TPSA) is 80.0 Å². The van der Waals surface area contributed by atoms with Crippen molar-refractivity contribution in [2.75, 3.05) is 26.5 Å². The van der Waals surface area contributed by atoms with Gasteiger partial charge in [0.25, 0.3) is 0 Å². The monoisotopic (exact) mass is 302 g/mol. The average Bonchev–Trinajstić information content (AvgIpc) is 2.87. The van der Waals surface area contributed by atoms with Crippen LogP contribution in [0.2, 0.25) is 0 Å². The summed E-state index contributed by atoms with van der Waals surface area (Å²) >= 11 is 1.36. The van der Waals surface area contributed by atoms with Crippen LogP contribution in [0.1, 0.15) is 6.23 Å². The number of ether oxygens (including phenoxy) is 1. The molecule has 110 valence electrons. The molecule has 0 spiro atoms. The van der Waals surface area contributed by atoms with Gasteiger partial charge in [-0.25, -0.2) is 14.2 Å². The molecule has 0 aliphatic carbocycles. The highest BCUT2D eigenvalue weighted by Gasteiger charge is 2.28. The predicted octanol–water partition coefficient (Wildman–Crippen LogP) is 0.184. The van der Waals surface area contributed by atoms with E-state index in [2.05, 4.69) is 9.98 Å². The van der Waals surface area contributed by atoms with Crippen molar-refractivity contribution in [1.82, 2.24) is 14.5 Å². The van der Waals surface area contributed by atoms with E-state index in [1.807, 2.05) is 0 Å². The fourth-order valence-corrected chi connectivity index (χ4v) is 2.52. The average molecular weight is 302 g/mol. The molecule has 20 heavy (non-hydrogen) atoms. The van der Waals surface area contributed by atoms with Gasteiger partial charge in [-0.1, -0.05) is 0 Å². The first kappa shape index (κ1) is 14.9. The second-order valence-corrected chi connectivity index (χ2v) is 5.54. The molecule has 1 fully saturated rings. The van der Waals surface area contributed by atoms with Gasteiger partial charge < -0.3 is 14.7 Å². The smallest absolute Gasteiger partial charge is 0.351 e. The highest BCUT2D eigenvalue weighted by atomic mass is 32.2. The molecule has 0 radical (unpaired) electrons. The first-order chi connectivity index (χ1) is 9.51. The first-order valence-electron chi connectivity index (χ1n) is 5.88. The molecule has 0 bridgehead atoms. The van der Waals surface area contributed by atoms with E-state index in [1.165, 1.54) is 18.1 Å². The van der Waals surface area contributed by atoms with E-state index in [0.29, 0.717) is 5.75 Å². The molecule has 2 atom stereocenters. The molecule has 0 aromatic carbocycles. The van der Waals surface area contributed by atoms with Gasteiger partial charge in [0.05, 0.1) is 19.1 Å². The normalized spacial score (nSPS) is 22.6. The van der Waals surface area contributed by atoms with Crippen LogP contribution in [0, 0.1) is 5.82 Å². The molecule has 1 aromatic rings. The number of hydrogen-bond acceptors (Lipinski definition) is 6. The molecular formula is C11H15FN4O3S. The third-order valence-corrected chi connectivity index (χ3v) is 3.60. The van der Waals surface area contributed by atoms with Crippen LogP contribution in [0.15, 0.2) is 16.0 Å². The Morgan fingerprint density at radius 1 is 1.75 bits per heavy atom. The molecule has 0 saturated carbocycles. The summed E-state index contributed by atoms with van der Waals surface area (Å²) in [5.41, 5.74) is -1.04. The second kappa shape index (κ2) is 6.33. The molecule has 1 N–H and O–H groups in total. The van der Waals surface area contributed by atoms with Crippen LogP contribution >= 0.6 is 11.8 Å². The van der Waals surface area contributed by atoms with E-state index in [1.54, 1.807) is 19.0 Å². The molecule has 0 unspecified atom stereocenters. The van der Waals surface area contributed by atoms with Crippen LogP contribution in [0.3, 0.4) is 0 Å². The highest BCUT2D eigenvalue weighted by Crippen LogP contribution is 2.30. The van der Waals surface area contributed by atoms with Gasteiger partial charge in [-0.05, 0) is 0 Å². The Balaban J connectivity index is 2.25. The van der Waals surface area contributed by atoms with Crippen LogP contribution in [-0.2, 0) is 4.74 Å². The number of aromatic nitrogens is 2. The van der Waals surface area contributed by atoms with E-state index in [9.17, 15) is 9.18 Å². The molecule has 2 rings (SSSR count). The van der Waals surface area contributed by atoms with Gasteiger partial charge in [-0.2, -0.15) is 4.98 Å². The van der Waals surface area contributed by atoms with Gasteiger partial charge >= 0.3 is 5.69 Å². The fourth-order valence-electron chi connectivity index (χ4n) is 1.59. The van der Waals surface area contributed by atoms with E-state index in [4.69, 9.17) is 9.84 Å². The Morgan fingerprint density at radius 2 is 2.50 bits per heavy atom. The lowest BCUT2D eigenvalue weighted by atomic mass is 10.5. The van der Waals surface area contributed by atoms with Crippen LogP contribution in [0.25, 0.3) is 0 Å². The van der Waals surface area contributed by atoms with Crippen molar-refractivity contribution < 1.29 is 14.2 Å². The minimum Gasteiger partial charge on any atom is -0.393 e. The molecular weight excluding hydrogens is 287 g/mol. The van der Waals surface area contributed by atoms with E-state index in [-0.39, 0.29) is 12.4 Å². The maximum atomic E-state index is 13.8. The predicted molar refractivity (Wildman–Crippen MR) is 73.7 cm³/mol. The minimum absolute atomic E-state index is 0.156. The molecule has 1 aromatic heterocycles. The zero-order chi connectivity index (χ0) is 14.7. The van der Waals surface area contributed by atoms with Crippen molar-refractivity contribution in [1.29, 1.82) is 0 Å². The summed E-state index contributed by atoms with van der Waals surface area (Å²) in [7, 11) is 3.45. The van der Waals surface area contributed by atoms with Crippen LogP contribution in [-0.4, -0.2) is 57.8 Å². The zero-order valence-electron chi connectivity index (χ0n) is 11.1. The lowest BCUT2D eigenvalue weighted by Crippen LogP contribution is -2.29. The van der Waals surface area contributed by atoms with Gasteiger partial charge in [0.1, 0.15) is 11.7 Å². The maximum Gasteiger partial charge on any atom is 0.351 e. The minimum atomic E-state index is -0.705. The van der Waals surface area contributed by atoms with Gasteiger partial charge in [0, 0.05) is 19.8 Å². The Morgan fingerprint density at radius 3 is 3.10 bits per heavy atom. The number of halogens is 1. The van der Waals surface area contributed by atoms with Crippen molar-refractivity contribution >= 4 is 23.9 Å². The Labute approximate surface area is 119 Å². The quantitative estimate of drug-likeness (QED) is 0.631. The number of nitrogens with zero attached hydrogens (tertiary/aromatic N) is 4. The summed E-state index contributed by atoms with van der Waals surface area (Å²) < 4.78 is 20.3. The van der Waals surface area contributed by atoms with Crippen molar-refractivity contribution in [3.63, 3.8) is 0 Å². The number of aliphatic hydroxyl groups excluding tert-OH is 1. The number of rotatable bonds is 4. The molecule has 1 saturated heterocycles. The lowest BCUT2D eigenvalue weighted by molar-refractivity contribution is -0.00678. The molecule has 1 aliphatic heterocycles. The molecule has 2 heterocycles. The number of hydrogen-bond donors (Lipinski definition) is 1. The third-order valence-electron chi connectivity index (χ3n) is 2.49. The van der Waals surface area contributed by atoms with E-state index in [0.717, 1.165) is 10.8 Å². The maximum absolute atomic E-state index is 13.8. The summed E-state index contributed by atoms with van der Waals surface area (Å²) in [6.07, 6.45) is 1.76. The number of aliphatic imine (C=N–C) groups is 1.